The van der Waals surface area contributed by atoms with Crippen LogP contribution in [0.4, 0.5) is 4.39 Å². The van der Waals surface area contributed by atoms with Gasteiger partial charge in [0.25, 0.3) is 5.91 Å². The Morgan fingerprint density at radius 3 is 2.68 bits per heavy atom. The van der Waals surface area contributed by atoms with Gasteiger partial charge in [-0.2, -0.15) is 0 Å². The molecule has 0 fully saturated rings. The van der Waals surface area contributed by atoms with Crippen LogP contribution in [-0.2, 0) is 22.8 Å². The van der Waals surface area contributed by atoms with Crippen LogP contribution in [0.25, 0.3) is 0 Å². The number of carbonyl (C=O) groups is 1. The Balaban J connectivity index is 1.84. The minimum atomic E-state index is -4.12. The third kappa shape index (κ3) is 5.06. The Kier molecular flexibility index (Phi) is 6.99. The van der Waals surface area contributed by atoms with Crippen molar-refractivity contribution in [3.8, 4) is 0 Å². The molecule has 12 heteroatoms. The van der Waals surface area contributed by atoms with E-state index in [0.29, 0.717) is 6.42 Å². The molecule has 1 unspecified atom stereocenters. The smallest absolute Gasteiger partial charge is 0.271 e. The number of hydrogen-bond donors (Lipinski definition) is 2. The van der Waals surface area contributed by atoms with Crippen LogP contribution in [-0.4, -0.2) is 29.3 Å². The van der Waals surface area contributed by atoms with E-state index in [-0.39, 0.29) is 33.5 Å². The summed E-state index contributed by atoms with van der Waals surface area (Å²) in [4.78, 5) is 25.6. The Morgan fingerprint density at radius 2 is 2.06 bits per heavy atom. The molecule has 0 spiro atoms. The average molecular weight is 484 g/mol. The first-order chi connectivity index (χ1) is 14.6. The lowest BCUT2D eigenvalue weighted by Gasteiger charge is -2.16. The number of benzene rings is 1. The number of nitrogens with zero attached hydrogens (tertiary/aromatic N) is 3. The van der Waals surface area contributed by atoms with Crippen molar-refractivity contribution in [2.45, 2.75) is 37.1 Å². The van der Waals surface area contributed by atoms with Crippen molar-refractivity contribution in [3.05, 3.63) is 68.4 Å². The molecule has 3 rings (SSSR count). The van der Waals surface area contributed by atoms with Crippen LogP contribution in [0.15, 0.2) is 35.5 Å². The number of thiazole rings is 1. The largest absolute Gasteiger partial charge is 0.346 e. The van der Waals surface area contributed by atoms with Crippen molar-refractivity contribution < 1.29 is 17.6 Å². The average Bonchev–Trinajstić information content (AvgIpc) is 3.17. The lowest BCUT2D eigenvalue weighted by molar-refractivity contribution is 0.0945. The molecule has 2 aromatic heterocycles. The van der Waals surface area contributed by atoms with Gasteiger partial charge in [-0.3, -0.25) is 9.78 Å². The van der Waals surface area contributed by atoms with Gasteiger partial charge in [-0.15, -0.1) is 11.3 Å². The molecule has 1 amide bonds. The number of aromatic nitrogens is 3. The predicted molar refractivity (Wildman–Crippen MR) is 115 cm³/mol. The number of nitrogens with two attached hydrogens (primary N) is 1. The molecule has 3 N–H and O–H groups in total. The third-order valence-corrected chi connectivity index (χ3v) is 7.37. The summed E-state index contributed by atoms with van der Waals surface area (Å²) < 4.78 is 39.2. The Morgan fingerprint density at radius 1 is 1.32 bits per heavy atom. The third-order valence-electron chi connectivity index (χ3n) is 4.36. The number of nitrogens with one attached hydrogen (secondary N) is 1. The fourth-order valence-corrected chi connectivity index (χ4v) is 5.04. The minimum absolute atomic E-state index is 0.0116. The summed E-state index contributed by atoms with van der Waals surface area (Å²) in [5.41, 5.74) is 6.32. The zero-order valence-corrected chi connectivity index (χ0v) is 19.0. The quantitative estimate of drug-likeness (QED) is 0.494. The van der Waals surface area contributed by atoms with E-state index in [1.54, 1.807) is 13.1 Å². The molecule has 8 nitrogen and oxygen atoms in total. The van der Waals surface area contributed by atoms with Crippen LogP contribution < -0.4 is 11.1 Å². The van der Waals surface area contributed by atoms with Crippen molar-refractivity contribution in [2.24, 2.45) is 5.73 Å². The second kappa shape index (κ2) is 9.35. The van der Waals surface area contributed by atoms with E-state index in [4.69, 9.17) is 17.3 Å². The van der Waals surface area contributed by atoms with Gasteiger partial charge in [0.05, 0.1) is 39.1 Å². The summed E-state index contributed by atoms with van der Waals surface area (Å²) in [5.74, 6) is -1.20. The maximum Gasteiger partial charge on any atom is 0.271 e. The van der Waals surface area contributed by atoms with E-state index in [0.717, 1.165) is 28.1 Å². The highest BCUT2D eigenvalue weighted by atomic mass is 35.5. The number of amides is 1. The Hall–Kier alpha value is -2.47. The Bertz CT molecular complexity index is 1230. The highest BCUT2D eigenvalue weighted by Crippen LogP contribution is 2.28. The van der Waals surface area contributed by atoms with Gasteiger partial charge in [0.1, 0.15) is 11.5 Å². The first kappa shape index (κ1) is 23.2. The van der Waals surface area contributed by atoms with E-state index < -0.39 is 26.9 Å². The number of carbonyl (C=O) groups excluding carboxylic acids is 1. The van der Waals surface area contributed by atoms with Gasteiger partial charge < -0.3 is 11.1 Å². The number of hydrogen-bond acceptors (Lipinski definition) is 8. The molecule has 0 saturated carbocycles. The highest BCUT2D eigenvalue weighted by Gasteiger charge is 2.30. The number of rotatable bonds is 7. The Labute approximate surface area is 187 Å². The summed E-state index contributed by atoms with van der Waals surface area (Å²) in [6.45, 7) is 3.89. The molecule has 0 aliphatic heterocycles. The zero-order valence-electron chi connectivity index (χ0n) is 16.6. The fourth-order valence-electron chi connectivity index (χ4n) is 2.74. The highest BCUT2D eigenvalue weighted by molar-refractivity contribution is 7.91. The second-order valence-electron chi connectivity index (χ2n) is 6.51. The summed E-state index contributed by atoms with van der Waals surface area (Å²) in [7, 11) is -4.12. The first-order valence-corrected chi connectivity index (χ1v) is 11.9. The number of sulfone groups is 1. The van der Waals surface area contributed by atoms with Crippen LogP contribution in [0, 0.1) is 12.7 Å². The van der Waals surface area contributed by atoms with Gasteiger partial charge in [-0.05, 0) is 31.5 Å². The monoisotopic (exact) mass is 483 g/mol. The van der Waals surface area contributed by atoms with Crippen LogP contribution in [0.3, 0.4) is 0 Å². The molecule has 2 heterocycles. The van der Waals surface area contributed by atoms with Gasteiger partial charge in [-0.25, -0.2) is 22.8 Å². The summed E-state index contributed by atoms with van der Waals surface area (Å²) in [6, 6.07) is 3.03. The topological polar surface area (TPSA) is 128 Å². The standard InChI is InChI=1S/C19H19ClFN5O3S2/c1-3-15-17(18(22)31(28,29)12-4-5-14(21)13(20)6-12)24-9-16(26-15)19(27)25-8-11-7-23-10(2)30-11/h4-7,9,18H,3,8,22H2,1-2H3,(H,25,27). The van der Waals surface area contributed by atoms with Gasteiger partial charge in [0, 0.05) is 11.1 Å². The molecule has 1 atom stereocenters. The van der Waals surface area contributed by atoms with Crippen LogP contribution in [0.2, 0.25) is 5.02 Å². The lowest BCUT2D eigenvalue weighted by atomic mass is 10.2. The summed E-state index contributed by atoms with van der Waals surface area (Å²) in [5, 5.41) is 1.72. The molecule has 0 bridgehead atoms. The van der Waals surface area contributed by atoms with Crippen molar-refractivity contribution >= 4 is 38.7 Å². The van der Waals surface area contributed by atoms with Crippen LogP contribution in [0.5, 0.6) is 0 Å². The molecular weight excluding hydrogens is 465 g/mol. The summed E-state index contributed by atoms with van der Waals surface area (Å²) in [6.07, 6.45) is 3.15. The molecule has 0 saturated heterocycles. The van der Waals surface area contributed by atoms with Crippen molar-refractivity contribution in [1.29, 1.82) is 0 Å². The van der Waals surface area contributed by atoms with E-state index in [9.17, 15) is 17.6 Å². The normalized spacial score (nSPS) is 12.5. The minimum Gasteiger partial charge on any atom is -0.346 e. The zero-order chi connectivity index (χ0) is 22.8. The van der Waals surface area contributed by atoms with Crippen LogP contribution in [0.1, 0.15) is 44.1 Å². The van der Waals surface area contributed by atoms with E-state index in [1.165, 1.54) is 17.5 Å². The fraction of sp³-hybridized carbons (Fsp3) is 0.263. The van der Waals surface area contributed by atoms with Gasteiger partial charge >= 0.3 is 0 Å². The SMILES string of the molecule is CCc1nc(C(=O)NCc2cnc(C)s2)cnc1C(N)S(=O)(=O)c1ccc(F)c(Cl)c1. The second-order valence-corrected chi connectivity index (χ2v) is 10.3. The summed E-state index contributed by atoms with van der Waals surface area (Å²) >= 11 is 7.17. The molecule has 0 radical (unpaired) electrons. The first-order valence-electron chi connectivity index (χ1n) is 9.13. The van der Waals surface area contributed by atoms with E-state index >= 15 is 0 Å². The predicted octanol–water partition coefficient (Wildman–Crippen LogP) is 2.96. The van der Waals surface area contributed by atoms with E-state index in [1.807, 2.05) is 6.92 Å². The molecule has 3 aromatic rings. The molecular formula is C19H19ClFN5O3S2. The number of aryl methyl sites for hydroxylation is 2. The van der Waals surface area contributed by atoms with Crippen molar-refractivity contribution in [2.75, 3.05) is 0 Å². The van der Waals surface area contributed by atoms with E-state index in [2.05, 4.69) is 20.3 Å². The molecule has 0 aliphatic carbocycles. The molecule has 31 heavy (non-hydrogen) atoms. The van der Waals surface area contributed by atoms with Gasteiger partial charge in [0.2, 0.25) is 0 Å². The van der Waals surface area contributed by atoms with Gasteiger partial charge in [0.15, 0.2) is 15.2 Å². The number of halogens is 2. The van der Waals surface area contributed by atoms with Crippen molar-refractivity contribution in [1.82, 2.24) is 20.3 Å². The maximum atomic E-state index is 13.4. The molecule has 1 aromatic carbocycles. The van der Waals surface area contributed by atoms with Crippen molar-refractivity contribution in [3.63, 3.8) is 0 Å². The molecule has 164 valence electrons. The van der Waals surface area contributed by atoms with Gasteiger partial charge in [-0.1, -0.05) is 18.5 Å². The molecule has 0 aliphatic rings. The maximum absolute atomic E-state index is 13.4. The lowest BCUT2D eigenvalue weighted by Crippen LogP contribution is -2.27. The van der Waals surface area contributed by atoms with Crippen LogP contribution >= 0.6 is 22.9 Å².